The maximum absolute atomic E-state index is 12.0. The van der Waals surface area contributed by atoms with E-state index in [1.807, 2.05) is 0 Å². The standard InChI is InChI=1S/C5H3F3N2O3/c6-5(7,8)4-2(1-3(11)12)9-13-10-4/h1H2,(H,11,12). The van der Waals surface area contributed by atoms with Gasteiger partial charge in [-0.2, -0.15) is 13.2 Å². The molecule has 0 aliphatic carbocycles. The number of alkyl halides is 3. The zero-order chi connectivity index (χ0) is 10.1. The van der Waals surface area contributed by atoms with Crippen molar-refractivity contribution in [3.05, 3.63) is 11.4 Å². The Morgan fingerprint density at radius 3 is 2.54 bits per heavy atom. The molecule has 0 radical (unpaired) electrons. The van der Waals surface area contributed by atoms with Crippen LogP contribution in [0.3, 0.4) is 0 Å². The highest BCUT2D eigenvalue weighted by atomic mass is 19.4. The lowest BCUT2D eigenvalue weighted by Crippen LogP contribution is -2.12. The Labute approximate surface area is 69.1 Å². The molecule has 0 atom stereocenters. The molecule has 1 heterocycles. The molecule has 1 N–H and O–H groups in total. The molecule has 0 saturated heterocycles. The van der Waals surface area contributed by atoms with Gasteiger partial charge in [-0.15, -0.1) is 0 Å². The number of carboxylic acids is 1. The van der Waals surface area contributed by atoms with Crippen LogP contribution in [0.25, 0.3) is 0 Å². The number of halogens is 3. The van der Waals surface area contributed by atoms with Crippen LogP contribution in [0, 0.1) is 0 Å². The predicted octanol–water partition coefficient (Wildman–Crippen LogP) is 0.716. The normalized spacial score (nSPS) is 11.6. The van der Waals surface area contributed by atoms with Gasteiger partial charge >= 0.3 is 12.1 Å². The quantitative estimate of drug-likeness (QED) is 0.753. The first-order valence-electron chi connectivity index (χ1n) is 3.01. The summed E-state index contributed by atoms with van der Waals surface area (Å²) in [5, 5.41) is 13.6. The molecule has 1 rings (SSSR count). The first-order chi connectivity index (χ1) is 5.91. The van der Waals surface area contributed by atoms with Gasteiger partial charge in [-0.05, 0) is 5.16 Å². The first-order valence-corrected chi connectivity index (χ1v) is 3.01. The van der Waals surface area contributed by atoms with Crippen LogP contribution in [-0.2, 0) is 17.4 Å². The highest BCUT2D eigenvalue weighted by Gasteiger charge is 2.39. The molecule has 1 aromatic rings. The number of carboxylic acid groups (broad SMARTS) is 1. The van der Waals surface area contributed by atoms with E-state index in [9.17, 15) is 18.0 Å². The Balaban J connectivity index is 2.96. The van der Waals surface area contributed by atoms with E-state index in [2.05, 4.69) is 14.9 Å². The summed E-state index contributed by atoms with van der Waals surface area (Å²) in [6.45, 7) is 0. The van der Waals surface area contributed by atoms with Crippen LogP contribution in [0.15, 0.2) is 4.63 Å². The van der Waals surface area contributed by atoms with Crippen LogP contribution in [0.5, 0.6) is 0 Å². The number of aliphatic carboxylic acids is 1. The fourth-order valence-corrected chi connectivity index (χ4v) is 0.681. The SMILES string of the molecule is O=C(O)Cc1nonc1C(F)(F)F. The molecule has 0 aliphatic heterocycles. The van der Waals surface area contributed by atoms with Gasteiger partial charge in [-0.25, -0.2) is 4.63 Å². The van der Waals surface area contributed by atoms with E-state index in [4.69, 9.17) is 5.11 Å². The van der Waals surface area contributed by atoms with Crippen molar-refractivity contribution in [3.63, 3.8) is 0 Å². The summed E-state index contributed by atoms with van der Waals surface area (Å²) >= 11 is 0. The summed E-state index contributed by atoms with van der Waals surface area (Å²) in [4.78, 5) is 10.1. The van der Waals surface area contributed by atoms with Crippen LogP contribution in [-0.4, -0.2) is 21.4 Å². The maximum atomic E-state index is 12.0. The fraction of sp³-hybridized carbons (Fsp3) is 0.400. The molecule has 0 amide bonds. The second kappa shape index (κ2) is 3.04. The van der Waals surface area contributed by atoms with Gasteiger partial charge < -0.3 is 5.11 Å². The topological polar surface area (TPSA) is 76.2 Å². The van der Waals surface area contributed by atoms with Gasteiger partial charge in [0.2, 0.25) is 5.69 Å². The number of carbonyl (C=O) groups is 1. The van der Waals surface area contributed by atoms with Gasteiger partial charge in [0, 0.05) is 0 Å². The minimum Gasteiger partial charge on any atom is -0.481 e. The van der Waals surface area contributed by atoms with Gasteiger partial charge in [0.15, 0.2) is 0 Å². The molecular formula is C5H3F3N2O3. The molecular weight excluding hydrogens is 193 g/mol. The minimum absolute atomic E-state index is 0.722. The molecule has 0 aromatic carbocycles. The summed E-state index contributed by atoms with van der Waals surface area (Å²) in [6.07, 6.45) is -5.59. The Morgan fingerprint density at radius 2 is 2.08 bits per heavy atom. The largest absolute Gasteiger partial charge is 0.481 e. The van der Waals surface area contributed by atoms with E-state index in [0.717, 1.165) is 0 Å². The van der Waals surface area contributed by atoms with E-state index in [0.29, 0.717) is 0 Å². The lowest BCUT2D eigenvalue weighted by molar-refractivity contribution is -0.143. The molecule has 0 spiro atoms. The van der Waals surface area contributed by atoms with Crippen LogP contribution in [0.4, 0.5) is 13.2 Å². The molecule has 8 heteroatoms. The lowest BCUT2D eigenvalue weighted by Gasteiger charge is -2.00. The zero-order valence-corrected chi connectivity index (χ0v) is 6.00. The van der Waals surface area contributed by atoms with Crippen molar-refractivity contribution in [2.75, 3.05) is 0 Å². The molecule has 0 aliphatic rings. The van der Waals surface area contributed by atoms with E-state index < -0.39 is 30.0 Å². The summed E-state index contributed by atoms with van der Waals surface area (Å²) in [6, 6.07) is 0. The average molecular weight is 196 g/mol. The molecule has 0 unspecified atom stereocenters. The number of rotatable bonds is 2. The average Bonchev–Trinajstić information content (AvgIpc) is 2.31. The van der Waals surface area contributed by atoms with Crippen LogP contribution < -0.4 is 0 Å². The van der Waals surface area contributed by atoms with Gasteiger partial charge in [0.05, 0.1) is 6.42 Å². The number of hydrogen-bond donors (Lipinski definition) is 1. The summed E-state index contributed by atoms with van der Waals surface area (Å²) in [5.41, 5.74) is -2.12. The first kappa shape index (κ1) is 9.49. The van der Waals surface area contributed by atoms with E-state index in [-0.39, 0.29) is 0 Å². The Kier molecular flexibility index (Phi) is 2.22. The molecule has 1 aromatic heterocycles. The molecule has 5 nitrogen and oxygen atoms in total. The molecule has 0 bridgehead atoms. The van der Waals surface area contributed by atoms with Gasteiger partial charge in [0.1, 0.15) is 5.69 Å². The van der Waals surface area contributed by atoms with Crippen molar-refractivity contribution >= 4 is 5.97 Å². The molecule has 13 heavy (non-hydrogen) atoms. The number of nitrogens with zero attached hydrogens (tertiary/aromatic N) is 2. The number of aromatic nitrogens is 2. The molecule has 0 fully saturated rings. The Morgan fingerprint density at radius 1 is 1.46 bits per heavy atom. The molecule has 72 valence electrons. The second-order valence-corrected chi connectivity index (χ2v) is 2.13. The number of hydrogen-bond acceptors (Lipinski definition) is 4. The van der Waals surface area contributed by atoms with Crippen molar-refractivity contribution < 1.29 is 27.7 Å². The minimum atomic E-state index is -4.73. The van der Waals surface area contributed by atoms with Crippen molar-refractivity contribution in [2.24, 2.45) is 0 Å². The van der Waals surface area contributed by atoms with Crippen molar-refractivity contribution in [1.82, 2.24) is 10.3 Å². The smallest absolute Gasteiger partial charge is 0.438 e. The van der Waals surface area contributed by atoms with E-state index in [1.54, 1.807) is 0 Å². The van der Waals surface area contributed by atoms with Gasteiger partial charge in [-0.3, -0.25) is 4.79 Å². The second-order valence-electron chi connectivity index (χ2n) is 2.13. The Hall–Kier alpha value is -1.60. The van der Waals surface area contributed by atoms with Crippen LogP contribution in [0.2, 0.25) is 0 Å². The van der Waals surface area contributed by atoms with Crippen LogP contribution >= 0.6 is 0 Å². The van der Waals surface area contributed by atoms with Crippen LogP contribution in [0.1, 0.15) is 11.4 Å². The lowest BCUT2D eigenvalue weighted by atomic mass is 10.2. The predicted molar refractivity (Wildman–Crippen MR) is 30.6 cm³/mol. The summed E-state index contributed by atoms with van der Waals surface area (Å²) < 4.78 is 39.7. The van der Waals surface area contributed by atoms with Crippen molar-refractivity contribution in [2.45, 2.75) is 12.6 Å². The van der Waals surface area contributed by atoms with E-state index in [1.165, 1.54) is 0 Å². The van der Waals surface area contributed by atoms with Crippen molar-refractivity contribution in [1.29, 1.82) is 0 Å². The third-order valence-electron chi connectivity index (χ3n) is 1.14. The van der Waals surface area contributed by atoms with Gasteiger partial charge in [-0.1, -0.05) is 5.16 Å². The monoisotopic (exact) mass is 196 g/mol. The third-order valence-corrected chi connectivity index (χ3v) is 1.14. The highest BCUT2D eigenvalue weighted by molar-refractivity contribution is 5.69. The zero-order valence-electron chi connectivity index (χ0n) is 6.00. The van der Waals surface area contributed by atoms with Crippen molar-refractivity contribution in [3.8, 4) is 0 Å². The third kappa shape index (κ3) is 2.17. The Bertz CT molecular complexity index is 319. The fourth-order valence-electron chi connectivity index (χ4n) is 0.681. The van der Waals surface area contributed by atoms with Gasteiger partial charge in [0.25, 0.3) is 0 Å². The summed E-state index contributed by atoms with van der Waals surface area (Å²) in [5.74, 6) is -1.43. The maximum Gasteiger partial charge on any atom is 0.438 e. The summed E-state index contributed by atoms with van der Waals surface area (Å²) in [7, 11) is 0. The molecule has 0 saturated carbocycles. The van der Waals surface area contributed by atoms with E-state index >= 15 is 0 Å². The highest BCUT2D eigenvalue weighted by Crippen LogP contribution is 2.29.